The fraction of sp³-hybridized carbons (Fsp3) is 0.409. The molecule has 1 fully saturated rings. The van der Waals surface area contributed by atoms with Gasteiger partial charge < -0.3 is 9.73 Å². The molecule has 1 saturated carbocycles. The average molecular weight is 386 g/mol. The molecule has 2 aromatic carbocycles. The van der Waals surface area contributed by atoms with Crippen LogP contribution in [0.5, 0.6) is 0 Å². The Morgan fingerprint density at radius 2 is 1.86 bits per heavy atom. The maximum atomic E-state index is 13.2. The number of H-pyrrole nitrogens is 1. The van der Waals surface area contributed by atoms with E-state index in [0.29, 0.717) is 17.5 Å². The van der Waals surface area contributed by atoms with Crippen LogP contribution >= 0.6 is 0 Å². The number of oxazole rings is 1. The molecule has 1 heterocycles. The zero-order chi connectivity index (χ0) is 19.5. The van der Waals surface area contributed by atoms with Crippen molar-refractivity contribution in [3.05, 3.63) is 69.7 Å². The van der Waals surface area contributed by atoms with Crippen LogP contribution in [0.15, 0.2) is 45.6 Å². The Morgan fingerprint density at radius 1 is 1.04 bits per heavy atom. The second kappa shape index (κ2) is 8.27. The molecule has 2 N–H and O–H groups in total. The largest absolute Gasteiger partial charge is 0.417 e. The van der Waals surface area contributed by atoms with Crippen LogP contribution < -0.4 is 11.1 Å². The van der Waals surface area contributed by atoms with Crippen molar-refractivity contribution in [1.82, 2.24) is 10.3 Å². The third-order valence-corrected chi connectivity index (χ3v) is 5.70. The number of nitrogens with one attached hydrogen (secondary N) is 2. The molecule has 0 bridgehead atoms. The molecule has 0 aliphatic heterocycles. The van der Waals surface area contributed by atoms with Crippen molar-refractivity contribution in [3.8, 4) is 0 Å². The van der Waals surface area contributed by atoms with E-state index >= 15 is 0 Å². The van der Waals surface area contributed by atoms with Crippen LogP contribution in [0.4, 0.5) is 8.78 Å². The van der Waals surface area contributed by atoms with Crippen LogP contribution in [0.2, 0.25) is 0 Å². The van der Waals surface area contributed by atoms with Gasteiger partial charge in [0.2, 0.25) is 0 Å². The summed E-state index contributed by atoms with van der Waals surface area (Å²) in [5, 5.41) is 3.59. The number of hydrogen-bond acceptors (Lipinski definition) is 3. The Bertz CT molecular complexity index is 1000. The molecule has 0 atom stereocenters. The minimum Gasteiger partial charge on any atom is -0.408 e. The van der Waals surface area contributed by atoms with Crippen molar-refractivity contribution >= 4 is 11.1 Å². The van der Waals surface area contributed by atoms with Crippen molar-refractivity contribution < 1.29 is 13.2 Å². The van der Waals surface area contributed by atoms with Gasteiger partial charge in [-0.25, -0.2) is 13.6 Å². The van der Waals surface area contributed by atoms with E-state index in [-0.39, 0.29) is 0 Å². The van der Waals surface area contributed by atoms with Gasteiger partial charge in [0.1, 0.15) is 0 Å². The average Bonchev–Trinajstić information content (AvgIpc) is 3.07. The molecule has 1 aliphatic rings. The van der Waals surface area contributed by atoms with Gasteiger partial charge >= 0.3 is 5.76 Å². The first-order chi connectivity index (χ1) is 13.6. The highest BCUT2D eigenvalue weighted by atomic mass is 19.2. The molecule has 4 rings (SSSR count). The van der Waals surface area contributed by atoms with Crippen LogP contribution in [0.3, 0.4) is 0 Å². The van der Waals surface area contributed by atoms with E-state index in [2.05, 4.69) is 16.4 Å². The Labute approximate surface area is 162 Å². The molecular weight excluding hydrogens is 362 g/mol. The van der Waals surface area contributed by atoms with Crippen molar-refractivity contribution in [2.45, 2.75) is 50.5 Å². The molecule has 0 amide bonds. The molecule has 0 spiro atoms. The van der Waals surface area contributed by atoms with Crippen LogP contribution in [-0.4, -0.2) is 17.6 Å². The first-order valence-corrected chi connectivity index (χ1v) is 9.88. The van der Waals surface area contributed by atoms with E-state index in [4.69, 9.17) is 4.42 Å². The lowest BCUT2D eigenvalue weighted by Gasteiger charge is -2.29. The standard InChI is InChI=1S/C22H24F2N2O2/c23-18-9-3-14(12-19(18)24)2-1-11-25-17-7-4-15(5-8-17)16-6-10-20-21(13-16)28-22(27)26-20/h3,6,9-10,12-13,15,17,25H,1-2,4-5,7-8,11H2,(H,26,27)/t15-,17-. The minimum atomic E-state index is -0.795. The summed E-state index contributed by atoms with van der Waals surface area (Å²) in [4.78, 5) is 14.0. The molecule has 148 valence electrons. The number of rotatable bonds is 6. The molecule has 28 heavy (non-hydrogen) atoms. The van der Waals surface area contributed by atoms with Gasteiger partial charge in [0.05, 0.1) is 5.52 Å². The third-order valence-electron chi connectivity index (χ3n) is 5.70. The first kappa shape index (κ1) is 18.9. The van der Waals surface area contributed by atoms with Crippen LogP contribution in [0.25, 0.3) is 11.1 Å². The molecule has 0 radical (unpaired) electrons. The maximum Gasteiger partial charge on any atom is 0.417 e. The number of aryl methyl sites for hydroxylation is 1. The Morgan fingerprint density at radius 3 is 2.64 bits per heavy atom. The fourth-order valence-electron chi connectivity index (χ4n) is 4.14. The summed E-state index contributed by atoms with van der Waals surface area (Å²) >= 11 is 0. The molecule has 4 nitrogen and oxygen atoms in total. The number of benzene rings is 2. The molecule has 1 aromatic heterocycles. The fourth-order valence-corrected chi connectivity index (χ4v) is 4.14. The van der Waals surface area contributed by atoms with Gasteiger partial charge in [-0.3, -0.25) is 4.98 Å². The highest BCUT2D eigenvalue weighted by Crippen LogP contribution is 2.34. The Kier molecular flexibility index (Phi) is 5.57. The second-order valence-corrected chi connectivity index (χ2v) is 7.62. The molecule has 1 aliphatic carbocycles. The number of hydrogen-bond donors (Lipinski definition) is 2. The monoisotopic (exact) mass is 386 g/mol. The predicted molar refractivity (Wildman–Crippen MR) is 105 cm³/mol. The Balaban J connectivity index is 1.22. The summed E-state index contributed by atoms with van der Waals surface area (Å²) < 4.78 is 31.4. The molecule has 6 heteroatoms. The lowest BCUT2D eigenvalue weighted by Crippen LogP contribution is -2.33. The van der Waals surface area contributed by atoms with Crippen LogP contribution in [0, 0.1) is 11.6 Å². The minimum absolute atomic E-state index is 0.413. The van der Waals surface area contributed by atoms with E-state index in [9.17, 15) is 13.6 Å². The molecular formula is C22H24F2N2O2. The normalized spacial score (nSPS) is 19.9. The van der Waals surface area contributed by atoms with Crippen molar-refractivity contribution in [2.75, 3.05) is 6.54 Å². The van der Waals surface area contributed by atoms with Gasteiger partial charge in [-0.15, -0.1) is 0 Å². The van der Waals surface area contributed by atoms with Gasteiger partial charge in [-0.2, -0.15) is 0 Å². The first-order valence-electron chi connectivity index (χ1n) is 9.88. The number of aromatic amines is 1. The van der Waals surface area contributed by atoms with Gasteiger partial charge in [0, 0.05) is 6.04 Å². The summed E-state index contributed by atoms with van der Waals surface area (Å²) in [6, 6.07) is 10.6. The highest BCUT2D eigenvalue weighted by molar-refractivity contribution is 5.72. The molecule has 0 unspecified atom stereocenters. The van der Waals surface area contributed by atoms with E-state index in [1.54, 1.807) is 6.07 Å². The van der Waals surface area contributed by atoms with Crippen LogP contribution in [0.1, 0.15) is 49.1 Å². The van der Waals surface area contributed by atoms with Gasteiger partial charge in [-0.05, 0) is 86.4 Å². The van der Waals surface area contributed by atoms with E-state index in [1.165, 1.54) is 17.7 Å². The number of halogens is 2. The van der Waals surface area contributed by atoms with Crippen molar-refractivity contribution in [2.24, 2.45) is 0 Å². The summed E-state index contributed by atoms with van der Waals surface area (Å²) in [6.45, 7) is 0.870. The molecule has 3 aromatic rings. The summed E-state index contributed by atoms with van der Waals surface area (Å²) in [5.74, 6) is -1.49. The summed E-state index contributed by atoms with van der Waals surface area (Å²) in [5.41, 5.74) is 3.42. The van der Waals surface area contributed by atoms with Crippen LogP contribution in [-0.2, 0) is 6.42 Å². The predicted octanol–water partition coefficient (Wildman–Crippen LogP) is 4.65. The van der Waals surface area contributed by atoms with E-state index in [1.807, 2.05) is 12.1 Å². The van der Waals surface area contributed by atoms with E-state index < -0.39 is 17.4 Å². The quantitative estimate of drug-likeness (QED) is 0.607. The van der Waals surface area contributed by atoms with Crippen molar-refractivity contribution in [1.29, 1.82) is 0 Å². The van der Waals surface area contributed by atoms with Gasteiger partial charge in [-0.1, -0.05) is 12.1 Å². The number of fused-ring (bicyclic) bond motifs is 1. The lowest BCUT2D eigenvalue weighted by molar-refractivity contribution is 0.342. The highest BCUT2D eigenvalue weighted by Gasteiger charge is 2.22. The van der Waals surface area contributed by atoms with E-state index in [0.717, 1.165) is 56.1 Å². The third kappa shape index (κ3) is 4.33. The maximum absolute atomic E-state index is 13.2. The van der Waals surface area contributed by atoms with Gasteiger partial charge in [0.15, 0.2) is 17.2 Å². The molecule has 0 saturated heterocycles. The topological polar surface area (TPSA) is 58.0 Å². The van der Waals surface area contributed by atoms with Gasteiger partial charge in [0.25, 0.3) is 0 Å². The van der Waals surface area contributed by atoms with Crippen molar-refractivity contribution in [3.63, 3.8) is 0 Å². The summed E-state index contributed by atoms with van der Waals surface area (Å²) in [6.07, 6.45) is 6.04. The second-order valence-electron chi connectivity index (χ2n) is 7.62. The lowest BCUT2D eigenvalue weighted by atomic mass is 9.81. The zero-order valence-corrected chi connectivity index (χ0v) is 15.6. The summed E-state index contributed by atoms with van der Waals surface area (Å²) in [7, 11) is 0. The smallest absolute Gasteiger partial charge is 0.408 e. The number of aromatic nitrogens is 1. The SMILES string of the molecule is O=c1[nH]c2ccc([C@H]3CC[C@H](NCCCc4ccc(F)c(F)c4)CC3)cc2o1. The zero-order valence-electron chi connectivity index (χ0n) is 15.6. The Hall–Kier alpha value is -2.47.